The molecule has 0 spiro atoms. The molecule has 1 amide bonds. The molecule has 1 atom stereocenters. The van der Waals surface area contributed by atoms with Crippen LogP contribution in [0.4, 0.5) is 0 Å². The Balaban J connectivity index is 1.71. The van der Waals surface area contributed by atoms with Gasteiger partial charge in [-0.3, -0.25) is 4.79 Å². The van der Waals surface area contributed by atoms with E-state index in [4.69, 9.17) is 21.0 Å². The van der Waals surface area contributed by atoms with Gasteiger partial charge in [-0.2, -0.15) is 0 Å². The summed E-state index contributed by atoms with van der Waals surface area (Å²) in [5, 5.41) is 3.72. The lowest BCUT2D eigenvalue weighted by Crippen LogP contribution is -2.33. The average Bonchev–Trinajstić information content (AvgIpc) is 3.39. The summed E-state index contributed by atoms with van der Waals surface area (Å²) in [5.74, 6) is 1.51. The third-order valence-corrected chi connectivity index (χ3v) is 5.54. The molecular formula is C24H24ClN3O2. The van der Waals surface area contributed by atoms with Crippen LogP contribution in [-0.4, -0.2) is 15.5 Å². The van der Waals surface area contributed by atoms with Gasteiger partial charge in [0, 0.05) is 11.4 Å². The minimum absolute atomic E-state index is 0.0446. The van der Waals surface area contributed by atoms with Gasteiger partial charge in [-0.15, -0.1) is 0 Å². The second kappa shape index (κ2) is 9.18. The molecule has 0 unspecified atom stereocenters. The maximum atomic E-state index is 13.2. The van der Waals surface area contributed by atoms with Gasteiger partial charge in [0.05, 0.1) is 23.8 Å². The number of nitrogens with zero attached hydrogens (tertiary/aromatic N) is 2. The Morgan fingerprint density at radius 1 is 1.13 bits per heavy atom. The quantitative estimate of drug-likeness (QED) is 0.407. The van der Waals surface area contributed by atoms with Gasteiger partial charge in [-0.25, -0.2) is 4.98 Å². The zero-order valence-electron chi connectivity index (χ0n) is 16.8. The van der Waals surface area contributed by atoms with Crippen LogP contribution in [0.3, 0.4) is 0 Å². The second-order valence-electron chi connectivity index (χ2n) is 7.26. The first-order valence-corrected chi connectivity index (χ1v) is 10.5. The number of carbonyl (C=O) groups is 1. The number of imidazole rings is 1. The fourth-order valence-corrected chi connectivity index (χ4v) is 3.94. The molecule has 0 bridgehead atoms. The molecule has 0 aliphatic rings. The molecule has 0 aliphatic carbocycles. The molecule has 6 heteroatoms. The van der Waals surface area contributed by atoms with E-state index in [1.54, 1.807) is 6.26 Å². The fraction of sp³-hybridized carbons (Fsp3) is 0.250. The highest BCUT2D eigenvalue weighted by atomic mass is 35.5. The van der Waals surface area contributed by atoms with Crippen LogP contribution in [0.25, 0.3) is 11.0 Å². The maximum Gasteiger partial charge on any atom is 0.243 e. The number of nitrogens with one attached hydrogen (secondary N) is 1. The summed E-state index contributed by atoms with van der Waals surface area (Å²) in [7, 11) is 0. The molecule has 1 N–H and O–H groups in total. The van der Waals surface area contributed by atoms with E-state index in [-0.39, 0.29) is 11.9 Å². The predicted molar refractivity (Wildman–Crippen MR) is 118 cm³/mol. The van der Waals surface area contributed by atoms with E-state index in [0.29, 0.717) is 24.4 Å². The summed E-state index contributed by atoms with van der Waals surface area (Å²) in [6.45, 7) is 2.44. The lowest BCUT2D eigenvalue weighted by molar-refractivity contribution is -0.124. The van der Waals surface area contributed by atoms with Crippen molar-refractivity contribution in [3.63, 3.8) is 0 Å². The summed E-state index contributed by atoms with van der Waals surface area (Å²) < 4.78 is 7.42. The number of para-hydroxylation sites is 2. The lowest BCUT2D eigenvalue weighted by Gasteiger charge is -2.21. The van der Waals surface area contributed by atoms with Crippen molar-refractivity contribution in [3.8, 4) is 0 Å². The number of halogens is 1. The Bertz CT molecular complexity index is 1130. The van der Waals surface area contributed by atoms with E-state index >= 15 is 0 Å². The van der Waals surface area contributed by atoms with E-state index in [9.17, 15) is 4.79 Å². The van der Waals surface area contributed by atoms with E-state index in [1.807, 2.05) is 60.7 Å². The van der Waals surface area contributed by atoms with Gasteiger partial charge in [0.15, 0.2) is 0 Å². The van der Waals surface area contributed by atoms with Gasteiger partial charge in [0.25, 0.3) is 0 Å². The van der Waals surface area contributed by atoms with Crippen molar-refractivity contribution in [1.82, 2.24) is 14.9 Å². The van der Waals surface area contributed by atoms with Crippen LogP contribution in [0.1, 0.15) is 43.0 Å². The van der Waals surface area contributed by atoms with E-state index in [2.05, 4.69) is 16.8 Å². The van der Waals surface area contributed by atoms with Crippen LogP contribution in [0.5, 0.6) is 0 Å². The molecule has 2 heterocycles. The van der Waals surface area contributed by atoms with E-state index < -0.39 is 0 Å². The van der Waals surface area contributed by atoms with Crippen LogP contribution < -0.4 is 5.32 Å². The van der Waals surface area contributed by atoms with Crippen LogP contribution >= 0.6 is 11.6 Å². The molecule has 0 saturated carbocycles. The summed E-state index contributed by atoms with van der Waals surface area (Å²) >= 11 is 6.41. The first-order valence-electron chi connectivity index (χ1n) is 10.2. The van der Waals surface area contributed by atoms with Gasteiger partial charge < -0.3 is 14.3 Å². The summed E-state index contributed by atoms with van der Waals surface area (Å²) in [6, 6.07) is 19.0. The Morgan fingerprint density at radius 2 is 1.93 bits per heavy atom. The molecule has 0 saturated heterocycles. The van der Waals surface area contributed by atoms with Gasteiger partial charge in [-0.1, -0.05) is 55.3 Å². The monoisotopic (exact) mass is 421 g/mol. The van der Waals surface area contributed by atoms with Crippen molar-refractivity contribution >= 4 is 28.5 Å². The number of furan rings is 1. The third-order valence-electron chi connectivity index (χ3n) is 5.17. The third kappa shape index (κ3) is 4.26. The number of benzene rings is 2. The molecule has 4 aromatic rings. The zero-order chi connectivity index (χ0) is 20.9. The molecule has 2 aromatic heterocycles. The number of aromatic nitrogens is 2. The number of carbonyl (C=O) groups excluding carboxylic acids is 1. The number of hydrogen-bond acceptors (Lipinski definition) is 3. The van der Waals surface area contributed by atoms with Crippen molar-refractivity contribution in [1.29, 1.82) is 0 Å². The SMILES string of the molecule is CCC[C@@H](C(=O)NCc1ccco1)n1c(Cc2ccccc2Cl)nc2ccccc21. The number of amides is 1. The van der Waals surface area contributed by atoms with Crippen molar-refractivity contribution in [2.45, 2.75) is 38.8 Å². The number of rotatable bonds is 8. The standard InChI is InChI=1S/C24H24ClN3O2/c1-2-8-22(24(29)26-16-18-10-7-14-30-18)28-21-13-6-5-12-20(21)27-23(28)15-17-9-3-4-11-19(17)25/h3-7,9-14,22H,2,8,15-16H2,1H3,(H,26,29)/t22-/m0/s1. The first-order chi connectivity index (χ1) is 14.7. The molecule has 154 valence electrons. The summed E-state index contributed by atoms with van der Waals surface area (Å²) in [5.41, 5.74) is 2.81. The minimum Gasteiger partial charge on any atom is -0.467 e. The number of fused-ring (bicyclic) bond motifs is 1. The highest BCUT2D eigenvalue weighted by molar-refractivity contribution is 6.31. The molecule has 0 aliphatic heterocycles. The molecule has 0 fully saturated rings. The van der Waals surface area contributed by atoms with Gasteiger partial charge in [0.2, 0.25) is 5.91 Å². The highest BCUT2D eigenvalue weighted by Gasteiger charge is 2.25. The average molecular weight is 422 g/mol. The topological polar surface area (TPSA) is 60.1 Å². The molecule has 30 heavy (non-hydrogen) atoms. The van der Waals surface area contributed by atoms with Crippen LogP contribution in [-0.2, 0) is 17.8 Å². The molecule has 4 rings (SSSR count). The highest BCUT2D eigenvalue weighted by Crippen LogP contribution is 2.28. The van der Waals surface area contributed by atoms with Gasteiger partial charge in [0.1, 0.15) is 17.6 Å². The first kappa shape index (κ1) is 20.2. The molecular weight excluding hydrogens is 398 g/mol. The summed E-state index contributed by atoms with van der Waals surface area (Å²) in [6.07, 6.45) is 3.74. The second-order valence-corrected chi connectivity index (χ2v) is 7.66. The zero-order valence-corrected chi connectivity index (χ0v) is 17.6. The lowest BCUT2D eigenvalue weighted by atomic mass is 10.1. The minimum atomic E-state index is -0.366. The Morgan fingerprint density at radius 3 is 2.70 bits per heavy atom. The van der Waals surface area contributed by atoms with Gasteiger partial charge >= 0.3 is 0 Å². The van der Waals surface area contributed by atoms with Crippen LogP contribution in [0.2, 0.25) is 5.02 Å². The molecule has 0 radical (unpaired) electrons. The van der Waals surface area contributed by atoms with E-state index in [0.717, 1.165) is 34.6 Å². The van der Waals surface area contributed by atoms with E-state index in [1.165, 1.54) is 0 Å². The smallest absolute Gasteiger partial charge is 0.243 e. The Hall–Kier alpha value is -3.05. The maximum absolute atomic E-state index is 13.2. The van der Waals surface area contributed by atoms with Crippen molar-refractivity contribution < 1.29 is 9.21 Å². The fourth-order valence-electron chi connectivity index (χ4n) is 3.74. The van der Waals surface area contributed by atoms with Crippen molar-refractivity contribution in [3.05, 3.63) is 89.1 Å². The largest absolute Gasteiger partial charge is 0.467 e. The molecule has 5 nitrogen and oxygen atoms in total. The van der Waals surface area contributed by atoms with Gasteiger partial charge in [-0.05, 0) is 42.3 Å². The van der Waals surface area contributed by atoms with Crippen LogP contribution in [0, 0.1) is 0 Å². The number of hydrogen-bond donors (Lipinski definition) is 1. The Kier molecular flexibility index (Phi) is 6.19. The van der Waals surface area contributed by atoms with Crippen LogP contribution in [0.15, 0.2) is 71.3 Å². The Labute approximate surface area is 180 Å². The molecule has 2 aromatic carbocycles. The van der Waals surface area contributed by atoms with Crippen molar-refractivity contribution in [2.75, 3.05) is 0 Å². The summed E-state index contributed by atoms with van der Waals surface area (Å²) in [4.78, 5) is 18.1. The van der Waals surface area contributed by atoms with Crippen molar-refractivity contribution in [2.24, 2.45) is 0 Å². The predicted octanol–water partition coefficient (Wildman–Crippen LogP) is 5.53. The normalized spacial score (nSPS) is 12.2.